The van der Waals surface area contributed by atoms with Gasteiger partial charge in [0, 0.05) is 30.2 Å². The molecule has 0 aliphatic carbocycles. The van der Waals surface area contributed by atoms with Gasteiger partial charge < -0.3 is 20.1 Å². The van der Waals surface area contributed by atoms with Gasteiger partial charge in [-0.1, -0.05) is 0 Å². The van der Waals surface area contributed by atoms with Crippen LogP contribution >= 0.6 is 0 Å². The van der Waals surface area contributed by atoms with Crippen molar-refractivity contribution in [1.29, 1.82) is 0 Å². The van der Waals surface area contributed by atoms with Crippen molar-refractivity contribution < 1.29 is 27.6 Å². The van der Waals surface area contributed by atoms with Gasteiger partial charge >= 0.3 is 6.18 Å². The molecule has 0 bridgehead atoms. The number of nitro groups is 1. The zero-order valence-corrected chi connectivity index (χ0v) is 19.3. The summed E-state index contributed by atoms with van der Waals surface area (Å²) in [4.78, 5) is 19.3. The standard InChI is InChI=1S/C23H24F3N5O4/c1-12(14-6-15(23(24,25)26)8-17(7-14)31(32)33)27-22-18-9-20(30-16-4-5-35-11-16)21(34-3)10-19(18)28-13(2)29-22/h6-10,12,16,30H,4-5,11H2,1-3H3,(H,27,28,29)/t12-,16+/m1/s1. The van der Waals surface area contributed by atoms with Crippen molar-refractivity contribution in [1.82, 2.24) is 9.97 Å². The number of rotatable bonds is 7. The Balaban J connectivity index is 1.74. The van der Waals surface area contributed by atoms with E-state index in [2.05, 4.69) is 20.6 Å². The molecule has 0 saturated carbocycles. The minimum atomic E-state index is -4.72. The number of non-ortho nitro benzene ring substituents is 1. The van der Waals surface area contributed by atoms with Gasteiger partial charge in [-0.25, -0.2) is 9.97 Å². The first-order valence-corrected chi connectivity index (χ1v) is 10.9. The molecule has 0 spiro atoms. The van der Waals surface area contributed by atoms with E-state index in [9.17, 15) is 23.3 Å². The number of methoxy groups -OCH3 is 1. The normalized spacial score (nSPS) is 16.8. The SMILES string of the molecule is COc1cc2nc(C)nc(N[C@H](C)c3cc([N+](=O)[O-])cc(C(F)(F)F)c3)c2cc1N[C@H]1CCOC1. The molecule has 1 saturated heterocycles. The molecule has 2 N–H and O–H groups in total. The fourth-order valence-corrected chi connectivity index (χ4v) is 3.97. The molecular weight excluding hydrogens is 467 g/mol. The van der Waals surface area contributed by atoms with E-state index in [0.717, 1.165) is 18.6 Å². The van der Waals surface area contributed by atoms with E-state index in [1.54, 1.807) is 27.0 Å². The number of aromatic nitrogens is 2. The lowest BCUT2D eigenvalue weighted by Gasteiger charge is -2.20. The number of benzene rings is 2. The molecule has 2 atom stereocenters. The number of hydrogen-bond acceptors (Lipinski definition) is 8. The highest BCUT2D eigenvalue weighted by atomic mass is 19.4. The maximum Gasteiger partial charge on any atom is 0.416 e. The average Bonchev–Trinajstić information content (AvgIpc) is 3.31. The maximum atomic E-state index is 13.4. The van der Waals surface area contributed by atoms with E-state index in [0.29, 0.717) is 53.3 Å². The van der Waals surface area contributed by atoms with E-state index < -0.39 is 28.4 Å². The van der Waals surface area contributed by atoms with Gasteiger partial charge in [-0.15, -0.1) is 0 Å². The molecule has 0 radical (unpaired) electrons. The number of anilines is 2. The van der Waals surface area contributed by atoms with Crippen LogP contribution < -0.4 is 15.4 Å². The van der Waals surface area contributed by atoms with Gasteiger partial charge in [0.1, 0.15) is 17.4 Å². The van der Waals surface area contributed by atoms with Crippen molar-refractivity contribution in [2.24, 2.45) is 0 Å². The highest BCUT2D eigenvalue weighted by Gasteiger charge is 2.33. The first-order chi connectivity index (χ1) is 16.5. The first-order valence-electron chi connectivity index (χ1n) is 10.9. The second kappa shape index (κ2) is 9.53. The number of nitrogens with zero attached hydrogens (tertiary/aromatic N) is 3. The summed E-state index contributed by atoms with van der Waals surface area (Å²) in [6.45, 7) is 4.52. The molecule has 1 fully saturated rings. The topological polar surface area (TPSA) is 111 Å². The van der Waals surface area contributed by atoms with Crippen molar-refractivity contribution in [2.45, 2.75) is 38.5 Å². The Hall–Kier alpha value is -3.67. The summed E-state index contributed by atoms with van der Waals surface area (Å²) in [5.74, 6) is 1.40. The number of fused-ring (bicyclic) bond motifs is 1. The van der Waals surface area contributed by atoms with E-state index in [-0.39, 0.29) is 11.6 Å². The Labute approximate surface area is 198 Å². The number of halogens is 3. The summed E-state index contributed by atoms with van der Waals surface area (Å²) < 4.78 is 51.0. The van der Waals surface area contributed by atoms with Gasteiger partial charge in [0.15, 0.2) is 0 Å². The monoisotopic (exact) mass is 491 g/mol. The molecule has 186 valence electrons. The molecule has 2 heterocycles. The van der Waals surface area contributed by atoms with Crippen LogP contribution in [0.4, 0.5) is 30.4 Å². The summed E-state index contributed by atoms with van der Waals surface area (Å²) in [5, 5.41) is 18.4. The van der Waals surface area contributed by atoms with Gasteiger partial charge in [-0.2, -0.15) is 13.2 Å². The summed E-state index contributed by atoms with van der Waals surface area (Å²) >= 11 is 0. The molecule has 3 aromatic rings. The molecule has 1 aliphatic rings. The summed E-state index contributed by atoms with van der Waals surface area (Å²) in [6, 6.07) is 5.50. The van der Waals surface area contributed by atoms with Crippen LogP contribution in [0.15, 0.2) is 30.3 Å². The van der Waals surface area contributed by atoms with Crippen LogP contribution in [0.3, 0.4) is 0 Å². The molecular formula is C23H24F3N5O4. The molecule has 12 heteroatoms. The van der Waals surface area contributed by atoms with Crippen molar-refractivity contribution in [3.8, 4) is 5.75 Å². The number of aryl methyl sites for hydroxylation is 1. The minimum absolute atomic E-state index is 0.103. The van der Waals surface area contributed by atoms with Gasteiger partial charge in [0.2, 0.25) is 0 Å². The molecule has 35 heavy (non-hydrogen) atoms. The fraction of sp³-hybridized carbons (Fsp3) is 0.391. The van der Waals surface area contributed by atoms with Crippen LogP contribution in [0.1, 0.15) is 36.3 Å². The van der Waals surface area contributed by atoms with Crippen molar-refractivity contribution in [3.63, 3.8) is 0 Å². The van der Waals surface area contributed by atoms with E-state index in [1.165, 1.54) is 0 Å². The van der Waals surface area contributed by atoms with Crippen molar-refractivity contribution >= 4 is 28.1 Å². The number of hydrogen-bond donors (Lipinski definition) is 2. The van der Waals surface area contributed by atoms with Crippen molar-refractivity contribution in [2.75, 3.05) is 31.0 Å². The summed E-state index contributed by atoms with van der Waals surface area (Å²) in [5.41, 5.74) is -0.345. The predicted octanol–water partition coefficient (Wildman–Crippen LogP) is 5.25. The quantitative estimate of drug-likeness (QED) is 0.341. The lowest BCUT2D eigenvalue weighted by molar-refractivity contribution is -0.385. The Morgan fingerprint density at radius 2 is 2.00 bits per heavy atom. The van der Waals surface area contributed by atoms with E-state index in [4.69, 9.17) is 9.47 Å². The molecule has 0 unspecified atom stereocenters. The minimum Gasteiger partial charge on any atom is -0.495 e. The van der Waals surface area contributed by atoms with E-state index >= 15 is 0 Å². The Kier molecular flexibility index (Phi) is 6.66. The zero-order chi connectivity index (χ0) is 25.3. The molecule has 1 aliphatic heterocycles. The second-order valence-corrected chi connectivity index (χ2v) is 8.33. The van der Waals surface area contributed by atoms with Crippen LogP contribution in [-0.2, 0) is 10.9 Å². The van der Waals surface area contributed by atoms with Gasteiger partial charge in [-0.05, 0) is 38.0 Å². The lowest BCUT2D eigenvalue weighted by atomic mass is 10.0. The highest BCUT2D eigenvalue weighted by Crippen LogP contribution is 2.37. The number of nitro benzene ring substituents is 1. The maximum absolute atomic E-state index is 13.4. The predicted molar refractivity (Wildman–Crippen MR) is 124 cm³/mol. The van der Waals surface area contributed by atoms with Gasteiger partial charge in [0.25, 0.3) is 5.69 Å². The highest BCUT2D eigenvalue weighted by molar-refractivity contribution is 5.94. The largest absolute Gasteiger partial charge is 0.495 e. The van der Waals surface area contributed by atoms with Crippen LogP contribution in [0.2, 0.25) is 0 Å². The van der Waals surface area contributed by atoms with Crippen LogP contribution in [-0.4, -0.2) is 41.3 Å². The molecule has 1 aromatic heterocycles. The number of ether oxygens (including phenoxy) is 2. The van der Waals surface area contributed by atoms with Gasteiger partial charge in [-0.3, -0.25) is 10.1 Å². The fourth-order valence-electron chi connectivity index (χ4n) is 3.97. The molecule has 4 rings (SSSR count). The van der Waals surface area contributed by atoms with Crippen LogP contribution in [0.5, 0.6) is 5.75 Å². The molecule has 2 aromatic carbocycles. The van der Waals surface area contributed by atoms with Crippen molar-refractivity contribution in [3.05, 3.63) is 57.4 Å². The summed E-state index contributed by atoms with van der Waals surface area (Å²) in [6.07, 6.45) is -3.89. The van der Waals surface area contributed by atoms with Gasteiger partial charge in [0.05, 0.1) is 47.5 Å². The number of nitrogens with one attached hydrogen (secondary N) is 2. The lowest BCUT2D eigenvalue weighted by Crippen LogP contribution is -2.19. The third-order valence-electron chi connectivity index (χ3n) is 5.75. The average molecular weight is 491 g/mol. The smallest absolute Gasteiger partial charge is 0.416 e. The number of alkyl halides is 3. The molecule has 0 amide bonds. The molecule has 9 nitrogen and oxygen atoms in total. The zero-order valence-electron chi connectivity index (χ0n) is 19.3. The third kappa shape index (κ3) is 5.37. The second-order valence-electron chi connectivity index (χ2n) is 8.33. The van der Waals surface area contributed by atoms with E-state index in [1.807, 2.05) is 6.07 Å². The Bertz CT molecular complexity index is 1260. The Morgan fingerprint density at radius 3 is 2.63 bits per heavy atom. The Morgan fingerprint density at radius 1 is 1.23 bits per heavy atom. The first kappa shape index (κ1) is 24.5. The summed E-state index contributed by atoms with van der Waals surface area (Å²) in [7, 11) is 1.55. The van der Waals surface area contributed by atoms with Crippen LogP contribution in [0, 0.1) is 17.0 Å². The third-order valence-corrected chi connectivity index (χ3v) is 5.75. The van der Waals surface area contributed by atoms with Crippen LogP contribution in [0.25, 0.3) is 10.9 Å².